The summed E-state index contributed by atoms with van der Waals surface area (Å²) >= 11 is 0.996. The number of carbonyl (C=O) groups excluding carboxylic acids is 1. The molecule has 1 aromatic rings. The first kappa shape index (κ1) is 12.0. The monoisotopic (exact) mass is 228 g/mol. The first-order chi connectivity index (χ1) is 6.93. The van der Waals surface area contributed by atoms with Gasteiger partial charge in [0.1, 0.15) is 4.88 Å². The molecular formula is C10H16N2O2S. The molecule has 0 atom stereocenters. The zero-order valence-electron chi connectivity index (χ0n) is 9.46. The SMILES string of the molecule is Cc1c(C(=O)NCC(C)C)sc(=O)n1C. The van der Waals surface area contributed by atoms with Gasteiger partial charge in [-0.3, -0.25) is 9.59 Å². The molecule has 84 valence electrons. The average Bonchev–Trinajstić information content (AvgIpc) is 2.42. The molecule has 15 heavy (non-hydrogen) atoms. The van der Waals surface area contributed by atoms with Crippen molar-refractivity contribution in [3.63, 3.8) is 0 Å². The fraction of sp³-hybridized carbons (Fsp3) is 0.600. The van der Waals surface area contributed by atoms with Crippen LogP contribution < -0.4 is 10.2 Å². The van der Waals surface area contributed by atoms with E-state index in [1.165, 1.54) is 4.57 Å². The molecule has 0 saturated carbocycles. The van der Waals surface area contributed by atoms with Crippen LogP contribution in [0.4, 0.5) is 0 Å². The zero-order chi connectivity index (χ0) is 11.6. The number of rotatable bonds is 3. The van der Waals surface area contributed by atoms with Gasteiger partial charge in [0.2, 0.25) is 0 Å². The Morgan fingerprint density at radius 2 is 2.13 bits per heavy atom. The molecule has 0 aromatic carbocycles. The lowest BCUT2D eigenvalue weighted by molar-refractivity contribution is 0.0952. The van der Waals surface area contributed by atoms with Gasteiger partial charge in [-0.05, 0) is 12.8 Å². The van der Waals surface area contributed by atoms with E-state index >= 15 is 0 Å². The van der Waals surface area contributed by atoms with E-state index in [9.17, 15) is 9.59 Å². The molecule has 1 heterocycles. The van der Waals surface area contributed by atoms with Crippen molar-refractivity contribution in [3.05, 3.63) is 20.2 Å². The summed E-state index contributed by atoms with van der Waals surface area (Å²) in [6.45, 7) is 6.47. The first-order valence-corrected chi connectivity index (χ1v) is 5.69. The fourth-order valence-electron chi connectivity index (χ4n) is 1.11. The third kappa shape index (κ3) is 2.68. The van der Waals surface area contributed by atoms with Crippen molar-refractivity contribution < 1.29 is 4.79 Å². The highest BCUT2D eigenvalue weighted by atomic mass is 32.1. The maximum absolute atomic E-state index is 11.7. The quantitative estimate of drug-likeness (QED) is 0.843. The molecule has 0 unspecified atom stereocenters. The van der Waals surface area contributed by atoms with E-state index < -0.39 is 0 Å². The molecule has 1 aromatic heterocycles. The molecular weight excluding hydrogens is 212 g/mol. The second-order valence-corrected chi connectivity index (χ2v) is 4.91. The highest BCUT2D eigenvalue weighted by molar-refractivity contribution is 7.11. The molecule has 0 fully saturated rings. The van der Waals surface area contributed by atoms with E-state index in [0.717, 1.165) is 17.0 Å². The van der Waals surface area contributed by atoms with Gasteiger partial charge in [0.25, 0.3) is 5.91 Å². The van der Waals surface area contributed by atoms with E-state index in [1.54, 1.807) is 14.0 Å². The molecule has 0 aliphatic rings. The summed E-state index contributed by atoms with van der Waals surface area (Å²) in [5.41, 5.74) is 0.728. The number of aromatic nitrogens is 1. The molecule has 1 amide bonds. The number of amides is 1. The Morgan fingerprint density at radius 1 is 1.53 bits per heavy atom. The molecule has 5 heteroatoms. The van der Waals surface area contributed by atoms with Gasteiger partial charge >= 0.3 is 4.87 Å². The van der Waals surface area contributed by atoms with Gasteiger partial charge in [0, 0.05) is 19.3 Å². The Bertz CT molecular complexity index is 418. The van der Waals surface area contributed by atoms with Gasteiger partial charge in [-0.15, -0.1) is 0 Å². The summed E-state index contributed by atoms with van der Waals surface area (Å²) in [5, 5.41) is 2.80. The fourth-order valence-corrected chi connectivity index (χ4v) is 2.00. The van der Waals surface area contributed by atoms with Crippen LogP contribution in [0.5, 0.6) is 0 Å². The number of nitrogens with zero attached hydrogens (tertiary/aromatic N) is 1. The topological polar surface area (TPSA) is 51.1 Å². The Morgan fingerprint density at radius 3 is 2.53 bits per heavy atom. The number of hydrogen-bond donors (Lipinski definition) is 1. The van der Waals surface area contributed by atoms with Gasteiger partial charge in [0.05, 0.1) is 0 Å². The van der Waals surface area contributed by atoms with E-state index in [4.69, 9.17) is 0 Å². The van der Waals surface area contributed by atoms with Crippen LogP contribution in [0.2, 0.25) is 0 Å². The minimum atomic E-state index is -0.149. The summed E-state index contributed by atoms with van der Waals surface area (Å²) < 4.78 is 1.49. The molecule has 1 N–H and O–H groups in total. The lowest BCUT2D eigenvalue weighted by atomic mass is 10.2. The molecule has 4 nitrogen and oxygen atoms in total. The van der Waals surface area contributed by atoms with Crippen LogP contribution in [0.25, 0.3) is 0 Å². The van der Waals surface area contributed by atoms with Gasteiger partial charge in [0.15, 0.2) is 0 Å². The maximum Gasteiger partial charge on any atom is 0.307 e. The van der Waals surface area contributed by atoms with E-state index in [1.807, 2.05) is 13.8 Å². The van der Waals surface area contributed by atoms with Gasteiger partial charge in [-0.1, -0.05) is 25.2 Å². The van der Waals surface area contributed by atoms with Crippen LogP contribution in [0.15, 0.2) is 4.79 Å². The normalized spacial score (nSPS) is 10.7. The van der Waals surface area contributed by atoms with Crippen molar-refractivity contribution in [2.24, 2.45) is 13.0 Å². The first-order valence-electron chi connectivity index (χ1n) is 4.88. The third-order valence-corrected chi connectivity index (χ3v) is 3.31. The second-order valence-electron chi connectivity index (χ2n) is 3.95. The number of carbonyl (C=O) groups is 1. The van der Waals surface area contributed by atoms with Crippen molar-refractivity contribution >= 4 is 17.2 Å². The Kier molecular flexibility index (Phi) is 3.68. The van der Waals surface area contributed by atoms with Crippen molar-refractivity contribution in [2.45, 2.75) is 20.8 Å². The molecule has 0 radical (unpaired) electrons. The summed E-state index contributed by atoms with van der Waals surface area (Å²) in [4.78, 5) is 23.4. The number of hydrogen-bond acceptors (Lipinski definition) is 3. The van der Waals surface area contributed by atoms with Crippen LogP contribution in [0.3, 0.4) is 0 Å². The summed E-state index contributed by atoms with van der Waals surface area (Å²) in [7, 11) is 1.67. The maximum atomic E-state index is 11.7. The van der Waals surface area contributed by atoms with Crippen molar-refractivity contribution in [1.29, 1.82) is 0 Å². The second kappa shape index (κ2) is 4.61. The van der Waals surface area contributed by atoms with Crippen molar-refractivity contribution in [2.75, 3.05) is 6.54 Å². The lowest BCUT2D eigenvalue weighted by Gasteiger charge is -2.06. The van der Waals surface area contributed by atoms with Crippen LogP contribution in [0, 0.1) is 12.8 Å². The molecule has 0 spiro atoms. The smallest absolute Gasteiger partial charge is 0.307 e. The number of thiazole rings is 1. The Labute approximate surface area is 92.9 Å². The predicted molar refractivity (Wildman–Crippen MR) is 61.5 cm³/mol. The molecule has 0 aliphatic carbocycles. The largest absolute Gasteiger partial charge is 0.351 e. The third-order valence-electron chi connectivity index (χ3n) is 2.17. The molecule has 0 aliphatic heterocycles. The summed E-state index contributed by atoms with van der Waals surface area (Å²) in [5.74, 6) is 0.263. The van der Waals surface area contributed by atoms with E-state index in [0.29, 0.717) is 17.3 Å². The van der Waals surface area contributed by atoms with Crippen molar-refractivity contribution in [1.82, 2.24) is 9.88 Å². The lowest BCUT2D eigenvalue weighted by Crippen LogP contribution is -2.27. The van der Waals surface area contributed by atoms with Crippen LogP contribution in [0.1, 0.15) is 29.2 Å². The standard InChI is InChI=1S/C10H16N2O2S/c1-6(2)5-11-9(13)8-7(3)12(4)10(14)15-8/h6H,5H2,1-4H3,(H,11,13). The molecule has 0 bridgehead atoms. The Balaban J connectivity index is 2.83. The van der Waals surface area contributed by atoms with Gasteiger partial charge < -0.3 is 9.88 Å². The highest BCUT2D eigenvalue weighted by Gasteiger charge is 2.15. The molecule has 0 saturated heterocycles. The predicted octanol–water partition coefficient (Wildman–Crippen LogP) is 1.14. The summed E-state index contributed by atoms with van der Waals surface area (Å²) in [6.07, 6.45) is 0. The highest BCUT2D eigenvalue weighted by Crippen LogP contribution is 2.10. The molecule has 1 rings (SSSR count). The van der Waals surface area contributed by atoms with Crippen LogP contribution in [-0.2, 0) is 7.05 Å². The number of nitrogens with one attached hydrogen (secondary N) is 1. The van der Waals surface area contributed by atoms with E-state index in [-0.39, 0.29) is 10.8 Å². The average molecular weight is 228 g/mol. The van der Waals surface area contributed by atoms with E-state index in [2.05, 4.69) is 5.32 Å². The van der Waals surface area contributed by atoms with Gasteiger partial charge in [-0.25, -0.2) is 0 Å². The zero-order valence-corrected chi connectivity index (χ0v) is 10.3. The van der Waals surface area contributed by atoms with Crippen molar-refractivity contribution in [3.8, 4) is 0 Å². The van der Waals surface area contributed by atoms with Crippen LogP contribution in [-0.4, -0.2) is 17.0 Å². The minimum absolute atomic E-state index is 0.0952. The Hall–Kier alpha value is -1.10. The summed E-state index contributed by atoms with van der Waals surface area (Å²) in [6, 6.07) is 0. The van der Waals surface area contributed by atoms with Crippen LogP contribution >= 0.6 is 11.3 Å². The van der Waals surface area contributed by atoms with Gasteiger partial charge in [-0.2, -0.15) is 0 Å². The minimum Gasteiger partial charge on any atom is -0.351 e.